The molecule has 3 rings (SSSR count). The minimum absolute atomic E-state index is 0.00178. The molecular weight excluding hydrogens is 504 g/mol. The zero-order valence-corrected chi connectivity index (χ0v) is 20.3. The van der Waals surface area contributed by atoms with Gasteiger partial charge >= 0.3 is 0 Å². The molecule has 0 aliphatic carbocycles. The number of nitro benzene ring substituents is 1. The van der Waals surface area contributed by atoms with Crippen molar-refractivity contribution in [2.24, 2.45) is 0 Å². The van der Waals surface area contributed by atoms with E-state index in [0.29, 0.717) is 21.5 Å². The van der Waals surface area contributed by atoms with Crippen LogP contribution in [0.1, 0.15) is 22.5 Å². The van der Waals surface area contributed by atoms with E-state index in [1.54, 1.807) is 28.9 Å². The number of nitrogens with one attached hydrogen (secondary N) is 1. The fourth-order valence-electron chi connectivity index (χ4n) is 3.15. The standard InChI is InChI=1S/C24H21BrN4O5/c1-15-4-5-16(2)28(15)27-24(30)19(13-26)10-18-11-21(25)23(22(12-18)33-3)34-14-17-6-8-20(9-7-17)29(31)32/h4-12H,14H2,1-3H3,(H,27,30)/b19-10-. The van der Waals surface area contributed by atoms with Gasteiger partial charge in [0.15, 0.2) is 11.5 Å². The van der Waals surface area contributed by atoms with Crippen LogP contribution in [0.15, 0.2) is 58.6 Å². The third-order valence-electron chi connectivity index (χ3n) is 4.94. The quantitative estimate of drug-likeness (QED) is 0.191. The van der Waals surface area contributed by atoms with Crippen LogP contribution in [0.5, 0.6) is 11.5 Å². The van der Waals surface area contributed by atoms with Crippen molar-refractivity contribution in [1.82, 2.24) is 4.68 Å². The van der Waals surface area contributed by atoms with E-state index in [1.165, 1.54) is 25.3 Å². The summed E-state index contributed by atoms with van der Waals surface area (Å²) in [4.78, 5) is 23.0. The lowest BCUT2D eigenvalue weighted by atomic mass is 10.1. The summed E-state index contributed by atoms with van der Waals surface area (Å²) in [7, 11) is 1.48. The maximum atomic E-state index is 12.6. The number of carbonyl (C=O) groups is 1. The molecule has 3 aromatic rings. The van der Waals surface area contributed by atoms with Gasteiger partial charge in [0.2, 0.25) is 0 Å². The van der Waals surface area contributed by atoms with Crippen LogP contribution in [-0.2, 0) is 11.4 Å². The van der Waals surface area contributed by atoms with E-state index in [-0.39, 0.29) is 17.9 Å². The lowest BCUT2D eigenvalue weighted by Gasteiger charge is -2.14. The summed E-state index contributed by atoms with van der Waals surface area (Å²) in [5, 5.41) is 20.3. The first kappa shape index (κ1) is 24.5. The predicted molar refractivity (Wildman–Crippen MR) is 130 cm³/mol. The molecule has 0 saturated heterocycles. The first-order valence-corrected chi connectivity index (χ1v) is 10.8. The fourth-order valence-corrected chi connectivity index (χ4v) is 3.73. The smallest absolute Gasteiger partial charge is 0.280 e. The zero-order valence-electron chi connectivity index (χ0n) is 18.7. The average Bonchev–Trinajstić information content (AvgIpc) is 3.13. The van der Waals surface area contributed by atoms with Gasteiger partial charge in [0.1, 0.15) is 18.2 Å². The maximum absolute atomic E-state index is 12.6. The Morgan fingerprint density at radius 3 is 2.41 bits per heavy atom. The third kappa shape index (κ3) is 5.63. The van der Waals surface area contributed by atoms with Crippen LogP contribution < -0.4 is 14.9 Å². The number of rotatable bonds is 8. The van der Waals surface area contributed by atoms with Crippen LogP contribution >= 0.6 is 15.9 Å². The number of amides is 1. The van der Waals surface area contributed by atoms with Crippen molar-refractivity contribution in [3.8, 4) is 17.6 Å². The van der Waals surface area contributed by atoms with Crippen molar-refractivity contribution in [3.63, 3.8) is 0 Å². The molecule has 0 spiro atoms. The summed E-state index contributed by atoms with van der Waals surface area (Å²) in [6.45, 7) is 3.85. The minimum atomic E-state index is -0.543. The summed E-state index contributed by atoms with van der Waals surface area (Å²) in [5.41, 5.74) is 5.59. The summed E-state index contributed by atoms with van der Waals surface area (Å²) in [6, 6.07) is 15.0. The van der Waals surface area contributed by atoms with Gasteiger partial charge in [-0.1, -0.05) is 0 Å². The molecule has 2 aromatic carbocycles. The monoisotopic (exact) mass is 524 g/mol. The Morgan fingerprint density at radius 2 is 1.85 bits per heavy atom. The molecule has 0 unspecified atom stereocenters. The van der Waals surface area contributed by atoms with Gasteiger partial charge in [0, 0.05) is 23.5 Å². The second-order valence-electron chi connectivity index (χ2n) is 7.31. The molecule has 0 atom stereocenters. The Morgan fingerprint density at radius 1 is 1.21 bits per heavy atom. The van der Waals surface area contributed by atoms with Crippen molar-refractivity contribution in [3.05, 3.63) is 91.2 Å². The van der Waals surface area contributed by atoms with Gasteiger partial charge in [0.05, 0.1) is 16.5 Å². The van der Waals surface area contributed by atoms with Gasteiger partial charge in [-0.2, -0.15) is 5.26 Å². The summed E-state index contributed by atoms with van der Waals surface area (Å²) >= 11 is 3.45. The molecule has 1 N–H and O–H groups in total. The molecule has 9 nitrogen and oxygen atoms in total. The molecule has 0 aliphatic rings. The van der Waals surface area contributed by atoms with Crippen LogP contribution in [0, 0.1) is 35.3 Å². The Bertz CT molecular complexity index is 1290. The number of carbonyl (C=O) groups excluding carboxylic acids is 1. The summed E-state index contributed by atoms with van der Waals surface area (Å²) in [6.07, 6.45) is 1.46. The number of halogens is 1. The number of hydrogen-bond acceptors (Lipinski definition) is 6. The molecule has 0 saturated carbocycles. The number of nitrogens with zero attached hydrogens (tertiary/aromatic N) is 3. The largest absolute Gasteiger partial charge is 0.493 e. The number of nitro groups is 1. The Hall–Kier alpha value is -4.10. The number of nitriles is 1. The highest BCUT2D eigenvalue weighted by atomic mass is 79.9. The number of benzene rings is 2. The van der Waals surface area contributed by atoms with Crippen LogP contribution in [-0.4, -0.2) is 22.6 Å². The van der Waals surface area contributed by atoms with E-state index < -0.39 is 10.8 Å². The Balaban J connectivity index is 1.81. The van der Waals surface area contributed by atoms with E-state index in [1.807, 2.05) is 32.0 Å². The van der Waals surface area contributed by atoms with Crippen molar-refractivity contribution in [1.29, 1.82) is 5.26 Å². The number of hydrogen-bond donors (Lipinski definition) is 1. The predicted octanol–water partition coefficient (Wildman–Crippen LogP) is 5.04. The molecule has 0 bridgehead atoms. The van der Waals surface area contributed by atoms with E-state index in [2.05, 4.69) is 21.4 Å². The minimum Gasteiger partial charge on any atom is -0.493 e. The number of methoxy groups -OCH3 is 1. The number of ether oxygens (including phenoxy) is 2. The van der Waals surface area contributed by atoms with Crippen LogP contribution in [0.3, 0.4) is 0 Å². The molecule has 174 valence electrons. The summed E-state index contributed by atoms with van der Waals surface area (Å²) in [5.74, 6) is 0.260. The topological polar surface area (TPSA) is 119 Å². The lowest BCUT2D eigenvalue weighted by molar-refractivity contribution is -0.384. The second kappa shape index (κ2) is 10.7. The van der Waals surface area contributed by atoms with E-state index in [0.717, 1.165) is 17.0 Å². The maximum Gasteiger partial charge on any atom is 0.280 e. The normalized spacial score (nSPS) is 11.0. The first-order chi connectivity index (χ1) is 16.2. The van der Waals surface area contributed by atoms with E-state index in [4.69, 9.17) is 9.47 Å². The highest BCUT2D eigenvalue weighted by Crippen LogP contribution is 2.38. The van der Waals surface area contributed by atoms with Gasteiger partial charge in [-0.15, -0.1) is 0 Å². The van der Waals surface area contributed by atoms with Gasteiger partial charge in [0.25, 0.3) is 11.6 Å². The van der Waals surface area contributed by atoms with Crippen molar-refractivity contribution in [2.45, 2.75) is 20.5 Å². The van der Waals surface area contributed by atoms with Crippen LogP contribution in [0.4, 0.5) is 5.69 Å². The van der Waals surface area contributed by atoms with Gasteiger partial charge < -0.3 is 9.47 Å². The molecule has 0 fully saturated rings. The number of aromatic nitrogens is 1. The van der Waals surface area contributed by atoms with Crippen molar-refractivity contribution in [2.75, 3.05) is 12.5 Å². The highest BCUT2D eigenvalue weighted by Gasteiger charge is 2.15. The van der Waals surface area contributed by atoms with Crippen LogP contribution in [0.2, 0.25) is 0 Å². The number of non-ortho nitro benzene ring substituents is 1. The van der Waals surface area contributed by atoms with Crippen molar-refractivity contribution >= 4 is 33.6 Å². The van der Waals surface area contributed by atoms with Crippen molar-refractivity contribution < 1.29 is 19.2 Å². The molecular formula is C24H21BrN4O5. The van der Waals surface area contributed by atoms with Gasteiger partial charge in [-0.3, -0.25) is 25.0 Å². The molecule has 1 heterocycles. The second-order valence-corrected chi connectivity index (χ2v) is 8.16. The molecule has 0 aliphatic heterocycles. The van der Waals surface area contributed by atoms with E-state index in [9.17, 15) is 20.2 Å². The SMILES string of the molecule is COc1cc(/C=C(/C#N)C(=O)Nn2c(C)ccc2C)cc(Br)c1OCc1ccc([N+](=O)[O-])cc1. The zero-order chi connectivity index (χ0) is 24.8. The molecule has 10 heteroatoms. The number of aryl methyl sites for hydroxylation is 2. The lowest BCUT2D eigenvalue weighted by Crippen LogP contribution is -2.25. The Kier molecular flexibility index (Phi) is 7.71. The van der Waals surface area contributed by atoms with Gasteiger partial charge in [-0.05, 0) is 83.4 Å². The van der Waals surface area contributed by atoms with Crippen LogP contribution in [0.25, 0.3) is 6.08 Å². The molecule has 1 aromatic heterocycles. The molecule has 1 amide bonds. The first-order valence-electron chi connectivity index (χ1n) is 10.0. The molecule has 0 radical (unpaired) electrons. The average molecular weight is 525 g/mol. The Labute approximate surface area is 204 Å². The summed E-state index contributed by atoms with van der Waals surface area (Å²) < 4.78 is 13.5. The van der Waals surface area contributed by atoms with E-state index >= 15 is 0 Å². The third-order valence-corrected chi connectivity index (χ3v) is 5.53. The highest BCUT2D eigenvalue weighted by molar-refractivity contribution is 9.10. The fraction of sp³-hybridized carbons (Fsp3) is 0.167. The molecule has 34 heavy (non-hydrogen) atoms. The van der Waals surface area contributed by atoms with Gasteiger partial charge in [-0.25, -0.2) is 0 Å².